The van der Waals surface area contributed by atoms with Crippen molar-refractivity contribution in [3.8, 4) is 6.07 Å². The molecule has 1 saturated heterocycles. The lowest BCUT2D eigenvalue weighted by atomic mass is 9.99. The topological polar surface area (TPSA) is 27.0 Å². The molecule has 0 spiro atoms. The molecular formula is C11H22N2. The summed E-state index contributed by atoms with van der Waals surface area (Å²) in [5.41, 5.74) is 0. The monoisotopic (exact) mass is 182 g/mol. The zero-order chi connectivity index (χ0) is 10.3. The van der Waals surface area contributed by atoms with E-state index in [0.29, 0.717) is 6.04 Å². The maximum Gasteiger partial charge on any atom is 0.0669 e. The highest BCUT2D eigenvalue weighted by Gasteiger charge is 2.20. The number of likely N-dealkylation sites (tertiary alicyclic amines) is 1. The second-order valence-corrected chi connectivity index (χ2v) is 3.56. The van der Waals surface area contributed by atoms with Crippen molar-refractivity contribution in [1.82, 2.24) is 4.90 Å². The van der Waals surface area contributed by atoms with E-state index in [1.165, 1.54) is 13.0 Å². The SMILES string of the molecule is CC.CC(C)N1CCCC(C#N)C1. The summed E-state index contributed by atoms with van der Waals surface area (Å²) in [7, 11) is 0. The standard InChI is InChI=1S/C9H16N2.C2H6/c1-8(2)11-5-3-4-9(6-10)7-11;1-2/h8-9H,3-5,7H2,1-2H3;1-2H3. The first-order chi connectivity index (χ1) is 6.24. The van der Waals surface area contributed by atoms with E-state index < -0.39 is 0 Å². The Balaban J connectivity index is 0.000000671. The minimum absolute atomic E-state index is 0.283. The summed E-state index contributed by atoms with van der Waals surface area (Å²) in [4.78, 5) is 2.39. The van der Waals surface area contributed by atoms with Crippen LogP contribution in [0, 0.1) is 17.2 Å². The van der Waals surface area contributed by atoms with Gasteiger partial charge in [0.05, 0.1) is 12.0 Å². The van der Waals surface area contributed by atoms with Gasteiger partial charge in [-0.3, -0.25) is 4.90 Å². The van der Waals surface area contributed by atoms with Crippen LogP contribution in [0.2, 0.25) is 0 Å². The third kappa shape index (κ3) is 4.28. The lowest BCUT2D eigenvalue weighted by Gasteiger charge is -2.32. The number of nitrogens with zero attached hydrogens (tertiary/aromatic N) is 2. The van der Waals surface area contributed by atoms with E-state index in [-0.39, 0.29) is 5.92 Å². The van der Waals surface area contributed by atoms with Crippen LogP contribution in [0.5, 0.6) is 0 Å². The van der Waals surface area contributed by atoms with E-state index >= 15 is 0 Å². The van der Waals surface area contributed by atoms with Crippen molar-refractivity contribution in [1.29, 1.82) is 5.26 Å². The first-order valence-electron chi connectivity index (χ1n) is 5.37. The van der Waals surface area contributed by atoms with Crippen molar-refractivity contribution in [3.05, 3.63) is 0 Å². The van der Waals surface area contributed by atoms with Gasteiger partial charge in [-0.1, -0.05) is 13.8 Å². The molecule has 1 heterocycles. The number of rotatable bonds is 1. The lowest BCUT2D eigenvalue weighted by Crippen LogP contribution is -2.39. The van der Waals surface area contributed by atoms with Gasteiger partial charge in [-0.2, -0.15) is 5.26 Å². The largest absolute Gasteiger partial charge is 0.300 e. The van der Waals surface area contributed by atoms with E-state index in [1.807, 2.05) is 13.8 Å². The molecule has 1 aliphatic heterocycles. The Kier molecular flexibility index (Phi) is 6.62. The maximum absolute atomic E-state index is 8.71. The Morgan fingerprint density at radius 3 is 2.46 bits per heavy atom. The average molecular weight is 182 g/mol. The highest BCUT2D eigenvalue weighted by molar-refractivity contribution is 4.88. The van der Waals surface area contributed by atoms with Crippen molar-refractivity contribution in [2.24, 2.45) is 5.92 Å². The molecular weight excluding hydrogens is 160 g/mol. The van der Waals surface area contributed by atoms with E-state index in [4.69, 9.17) is 5.26 Å². The normalized spacial score (nSPS) is 23.2. The van der Waals surface area contributed by atoms with E-state index in [0.717, 1.165) is 13.0 Å². The molecule has 0 amide bonds. The molecule has 0 N–H and O–H groups in total. The molecule has 1 rings (SSSR count). The molecule has 76 valence electrons. The number of nitriles is 1. The van der Waals surface area contributed by atoms with Gasteiger partial charge in [-0.15, -0.1) is 0 Å². The summed E-state index contributed by atoms with van der Waals surface area (Å²) in [6, 6.07) is 2.95. The van der Waals surface area contributed by atoms with Gasteiger partial charge in [0.15, 0.2) is 0 Å². The van der Waals surface area contributed by atoms with Gasteiger partial charge in [-0.05, 0) is 33.2 Å². The van der Waals surface area contributed by atoms with Crippen LogP contribution in [0.1, 0.15) is 40.5 Å². The highest BCUT2D eigenvalue weighted by Crippen LogP contribution is 2.16. The van der Waals surface area contributed by atoms with Crippen molar-refractivity contribution in [2.75, 3.05) is 13.1 Å². The third-order valence-electron chi connectivity index (χ3n) is 2.37. The minimum atomic E-state index is 0.283. The fourth-order valence-electron chi connectivity index (χ4n) is 1.58. The van der Waals surface area contributed by atoms with Gasteiger partial charge in [0.1, 0.15) is 0 Å². The van der Waals surface area contributed by atoms with Crippen molar-refractivity contribution in [2.45, 2.75) is 46.6 Å². The Bertz CT molecular complexity index is 158. The third-order valence-corrected chi connectivity index (χ3v) is 2.37. The molecule has 1 aliphatic rings. The lowest BCUT2D eigenvalue weighted by molar-refractivity contribution is 0.160. The fraction of sp³-hybridized carbons (Fsp3) is 0.909. The number of piperidine rings is 1. The van der Waals surface area contributed by atoms with Gasteiger partial charge in [0.2, 0.25) is 0 Å². The van der Waals surface area contributed by atoms with Crippen LogP contribution in [0.25, 0.3) is 0 Å². The van der Waals surface area contributed by atoms with Crippen molar-refractivity contribution in [3.63, 3.8) is 0 Å². The molecule has 0 saturated carbocycles. The summed E-state index contributed by atoms with van der Waals surface area (Å²) in [6.45, 7) is 10.5. The Morgan fingerprint density at radius 2 is 2.00 bits per heavy atom. The average Bonchev–Trinajstić information content (AvgIpc) is 2.21. The van der Waals surface area contributed by atoms with Crippen LogP contribution in [0.3, 0.4) is 0 Å². The van der Waals surface area contributed by atoms with Crippen LogP contribution in [0.15, 0.2) is 0 Å². The molecule has 1 fully saturated rings. The zero-order valence-corrected chi connectivity index (χ0v) is 9.38. The van der Waals surface area contributed by atoms with Gasteiger partial charge >= 0.3 is 0 Å². The van der Waals surface area contributed by atoms with E-state index in [9.17, 15) is 0 Å². The molecule has 0 bridgehead atoms. The number of hydrogen-bond donors (Lipinski definition) is 0. The Labute approximate surface area is 82.5 Å². The molecule has 13 heavy (non-hydrogen) atoms. The highest BCUT2D eigenvalue weighted by atomic mass is 15.1. The molecule has 1 atom stereocenters. The van der Waals surface area contributed by atoms with Crippen LogP contribution >= 0.6 is 0 Å². The molecule has 1 unspecified atom stereocenters. The number of hydrogen-bond acceptors (Lipinski definition) is 2. The van der Waals surface area contributed by atoms with Crippen LogP contribution in [0.4, 0.5) is 0 Å². The van der Waals surface area contributed by atoms with E-state index in [2.05, 4.69) is 24.8 Å². The van der Waals surface area contributed by atoms with Crippen LogP contribution in [-0.4, -0.2) is 24.0 Å². The second-order valence-electron chi connectivity index (χ2n) is 3.56. The predicted octanol–water partition coefficient (Wildman–Crippen LogP) is 2.66. The Morgan fingerprint density at radius 1 is 1.38 bits per heavy atom. The summed E-state index contributed by atoms with van der Waals surface area (Å²) >= 11 is 0. The Hall–Kier alpha value is -0.550. The van der Waals surface area contributed by atoms with Crippen molar-refractivity contribution < 1.29 is 0 Å². The summed E-state index contributed by atoms with van der Waals surface area (Å²) in [5.74, 6) is 0.283. The summed E-state index contributed by atoms with van der Waals surface area (Å²) < 4.78 is 0. The van der Waals surface area contributed by atoms with Gasteiger partial charge in [0.25, 0.3) is 0 Å². The zero-order valence-electron chi connectivity index (χ0n) is 9.38. The van der Waals surface area contributed by atoms with E-state index in [1.54, 1.807) is 0 Å². The van der Waals surface area contributed by atoms with Gasteiger partial charge in [0, 0.05) is 12.6 Å². The first kappa shape index (κ1) is 12.4. The summed E-state index contributed by atoms with van der Waals surface area (Å²) in [5, 5.41) is 8.71. The minimum Gasteiger partial charge on any atom is -0.300 e. The van der Waals surface area contributed by atoms with Crippen molar-refractivity contribution >= 4 is 0 Å². The first-order valence-corrected chi connectivity index (χ1v) is 5.37. The second kappa shape index (κ2) is 6.91. The fourth-order valence-corrected chi connectivity index (χ4v) is 1.58. The van der Waals surface area contributed by atoms with Gasteiger partial charge in [-0.25, -0.2) is 0 Å². The molecule has 2 nitrogen and oxygen atoms in total. The van der Waals surface area contributed by atoms with Gasteiger partial charge < -0.3 is 0 Å². The maximum atomic E-state index is 8.71. The summed E-state index contributed by atoms with van der Waals surface area (Å²) in [6.07, 6.45) is 2.29. The molecule has 0 aliphatic carbocycles. The molecule has 0 aromatic carbocycles. The van der Waals surface area contributed by atoms with Crippen LogP contribution < -0.4 is 0 Å². The molecule has 2 heteroatoms. The predicted molar refractivity (Wildman–Crippen MR) is 56.4 cm³/mol. The molecule has 0 aromatic rings. The van der Waals surface area contributed by atoms with Crippen LogP contribution in [-0.2, 0) is 0 Å². The molecule has 0 aromatic heterocycles. The quantitative estimate of drug-likeness (QED) is 0.623. The smallest absolute Gasteiger partial charge is 0.0669 e. The molecule has 0 radical (unpaired) electrons.